The van der Waals surface area contributed by atoms with Crippen LogP contribution in [0.3, 0.4) is 0 Å². The summed E-state index contributed by atoms with van der Waals surface area (Å²) in [4.78, 5) is 6.71. The van der Waals surface area contributed by atoms with Crippen molar-refractivity contribution in [3.8, 4) is 0 Å². The van der Waals surface area contributed by atoms with Crippen LogP contribution in [0.1, 0.15) is 25.8 Å². The molecule has 1 heterocycles. The van der Waals surface area contributed by atoms with E-state index in [4.69, 9.17) is 0 Å². The van der Waals surface area contributed by atoms with E-state index in [0.717, 1.165) is 30.7 Å². The maximum absolute atomic E-state index is 4.29. The number of rotatable bonds is 6. The molecule has 0 aromatic carbocycles. The van der Waals surface area contributed by atoms with Crippen LogP contribution in [-0.4, -0.2) is 30.0 Å². The lowest BCUT2D eigenvalue weighted by Gasteiger charge is -2.16. The molecule has 1 aromatic rings. The van der Waals surface area contributed by atoms with Crippen LogP contribution < -0.4 is 5.32 Å². The van der Waals surface area contributed by atoms with Gasteiger partial charge in [-0.2, -0.15) is 0 Å². The summed E-state index contributed by atoms with van der Waals surface area (Å²) in [5.74, 6) is 2.85. The Morgan fingerprint density at radius 2 is 2.29 bits per heavy atom. The van der Waals surface area contributed by atoms with Crippen LogP contribution in [-0.2, 0) is 6.54 Å². The van der Waals surface area contributed by atoms with Gasteiger partial charge in [-0.05, 0) is 49.9 Å². The summed E-state index contributed by atoms with van der Waals surface area (Å²) >= 11 is 0. The highest BCUT2D eigenvalue weighted by atomic mass is 15.1. The van der Waals surface area contributed by atoms with Crippen LogP contribution >= 0.6 is 0 Å². The lowest BCUT2D eigenvalue weighted by atomic mass is 10.2. The SMILES string of the molecule is CCNc1cc(CN(C)CC2CC2C)ccn1. The lowest BCUT2D eigenvalue weighted by Crippen LogP contribution is -2.21. The molecule has 0 bridgehead atoms. The van der Waals surface area contributed by atoms with Crippen LogP contribution in [0, 0.1) is 11.8 Å². The summed E-state index contributed by atoms with van der Waals surface area (Å²) in [5, 5.41) is 3.25. The van der Waals surface area contributed by atoms with Crippen molar-refractivity contribution in [3.63, 3.8) is 0 Å². The molecular formula is C14H23N3. The minimum Gasteiger partial charge on any atom is -0.370 e. The zero-order valence-electron chi connectivity index (χ0n) is 11.1. The van der Waals surface area contributed by atoms with Gasteiger partial charge in [0, 0.05) is 25.8 Å². The van der Waals surface area contributed by atoms with E-state index >= 15 is 0 Å². The molecule has 1 aliphatic carbocycles. The zero-order chi connectivity index (χ0) is 12.3. The van der Waals surface area contributed by atoms with Gasteiger partial charge in [0.1, 0.15) is 5.82 Å². The third-order valence-corrected chi connectivity index (χ3v) is 3.46. The molecule has 0 radical (unpaired) electrons. The molecule has 1 fully saturated rings. The average Bonchev–Trinajstić information content (AvgIpc) is 2.94. The molecule has 1 N–H and O–H groups in total. The number of anilines is 1. The van der Waals surface area contributed by atoms with Gasteiger partial charge in [-0.3, -0.25) is 0 Å². The Bertz CT molecular complexity index is 364. The summed E-state index contributed by atoms with van der Waals surface area (Å²) in [6.07, 6.45) is 3.30. The van der Waals surface area contributed by atoms with Crippen LogP contribution in [0.5, 0.6) is 0 Å². The number of hydrogen-bond acceptors (Lipinski definition) is 3. The Morgan fingerprint density at radius 3 is 2.94 bits per heavy atom. The van der Waals surface area contributed by atoms with Gasteiger partial charge in [-0.25, -0.2) is 4.98 Å². The van der Waals surface area contributed by atoms with E-state index in [1.54, 1.807) is 0 Å². The van der Waals surface area contributed by atoms with E-state index < -0.39 is 0 Å². The van der Waals surface area contributed by atoms with Gasteiger partial charge >= 0.3 is 0 Å². The van der Waals surface area contributed by atoms with Crippen molar-refractivity contribution >= 4 is 5.82 Å². The number of pyridine rings is 1. The topological polar surface area (TPSA) is 28.2 Å². The fraction of sp³-hybridized carbons (Fsp3) is 0.643. The van der Waals surface area contributed by atoms with E-state index in [-0.39, 0.29) is 0 Å². The van der Waals surface area contributed by atoms with E-state index in [9.17, 15) is 0 Å². The largest absolute Gasteiger partial charge is 0.370 e. The fourth-order valence-electron chi connectivity index (χ4n) is 2.28. The minimum absolute atomic E-state index is 0.923. The van der Waals surface area contributed by atoms with Crippen molar-refractivity contribution < 1.29 is 0 Å². The van der Waals surface area contributed by atoms with Gasteiger partial charge in [-0.1, -0.05) is 6.92 Å². The summed E-state index contributed by atoms with van der Waals surface area (Å²) in [5.41, 5.74) is 1.34. The second kappa shape index (κ2) is 5.50. The number of nitrogens with one attached hydrogen (secondary N) is 1. The number of hydrogen-bond donors (Lipinski definition) is 1. The maximum atomic E-state index is 4.29. The fourth-order valence-corrected chi connectivity index (χ4v) is 2.28. The van der Waals surface area contributed by atoms with Gasteiger partial charge in [0.05, 0.1) is 0 Å². The molecule has 2 rings (SSSR count). The highest BCUT2D eigenvalue weighted by molar-refractivity contribution is 5.37. The van der Waals surface area contributed by atoms with Gasteiger partial charge in [0.15, 0.2) is 0 Å². The van der Waals surface area contributed by atoms with Gasteiger partial charge in [0.2, 0.25) is 0 Å². The van der Waals surface area contributed by atoms with Crippen molar-refractivity contribution in [2.45, 2.75) is 26.8 Å². The second-order valence-corrected chi connectivity index (χ2v) is 5.25. The van der Waals surface area contributed by atoms with Gasteiger partial charge in [-0.15, -0.1) is 0 Å². The van der Waals surface area contributed by atoms with Crippen molar-refractivity contribution in [2.75, 3.05) is 25.5 Å². The summed E-state index contributed by atoms with van der Waals surface area (Å²) in [6.45, 7) is 7.60. The van der Waals surface area contributed by atoms with E-state index in [2.05, 4.69) is 48.2 Å². The van der Waals surface area contributed by atoms with Crippen LogP contribution in [0.4, 0.5) is 5.82 Å². The Labute approximate surface area is 104 Å². The normalized spacial score (nSPS) is 22.8. The monoisotopic (exact) mass is 233 g/mol. The standard InChI is InChI=1S/C14H23N3/c1-4-15-14-8-12(5-6-16-14)9-17(3)10-13-7-11(13)2/h5-6,8,11,13H,4,7,9-10H2,1-3H3,(H,15,16). The first-order valence-electron chi connectivity index (χ1n) is 6.56. The molecule has 1 aliphatic rings. The molecule has 2 atom stereocenters. The maximum Gasteiger partial charge on any atom is 0.126 e. The first-order valence-corrected chi connectivity index (χ1v) is 6.56. The Balaban J connectivity index is 1.86. The quantitative estimate of drug-likeness (QED) is 0.818. The average molecular weight is 233 g/mol. The van der Waals surface area contributed by atoms with Gasteiger partial charge < -0.3 is 10.2 Å². The highest BCUT2D eigenvalue weighted by Crippen LogP contribution is 2.38. The molecule has 1 aromatic heterocycles. The minimum atomic E-state index is 0.923. The molecule has 2 unspecified atom stereocenters. The molecule has 17 heavy (non-hydrogen) atoms. The van der Waals surface area contributed by atoms with Crippen LogP contribution in [0.15, 0.2) is 18.3 Å². The second-order valence-electron chi connectivity index (χ2n) is 5.25. The van der Waals surface area contributed by atoms with E-state index in [0.29, 0.717) is 0 Å². The summed E-state index contributed by atoms with van der Waals surface area (Å²) < 4.78 is 0. The van der Waals surface area contributed by atoms with E-state index in [1.807, 2.05) is 6.20 Å². The lowest BCUT2D eigenvalue weighted by molar-refractivity contribution is 0.307. The predicted molar refractivity (Wildman–Crippen MR) is 72.0 cm³/mol. The Morgan fingerprint density at radius 1 is 1.53 bits per heavy atom. The zero-order valence-corrected chi connectivity index (χ0v) is 11.1. The third kappa shape index (κ3) is 3.70. The molecule has 0 aliphatic heterocycles. The molecule has 0 spiro atoms. The third-order valence-electron chi connectivity index (χ3n) is 3.46. The summed E-state index contributed by atoms with van der Waals surface area (Å²) in [7, 11) is 2.21. The molecule has 0 amide bonds. The summed E-state index contributed by atoms with van der Waals surface area (Å²) in [6, 6.07) is 4.25. The first kappa shape index (κ1) is 12.4. The van der Waals surface area contributed by atoms with Crippen molar-refractivity contribution in [3.05, 3.63) is 23.9 Å². The van der Waals surface area contributed by atoms with E-state index in [1.165, 1.54) is 18.5 Å². The highest BCUT2D eigenvalue weighted by Gasteiger charge is 2.32. The molecule has 0 saturated heterocycles. The Kier molecular flexibility index (Phi) is 4.00. The smallest absolute Gasteiger partial charge is 0.126 e. The number of nitrogens with zero attached hydrogens (tertiary/aromatic N) is 2. The van der Waals surface area contributed by atoms with Crippen molar-refractivity contribution in [1.82, 2.24) is 9.88 Å². The molecule has 3 heteroatoms. The van der Waals surface area contributed by atoms with Crippen LogP contribution in [0.25, 0.3) is 0 Å². The predicted octanol–water partition coefficient (Wildman–Crippen LogP) is 2.60. The molecule has 94 valence electrons. The molecular weight excluding hydrogens is 210 g/mol. The van der Waals surface area contributed by atoms with Gasteiger partial charge in [0.25, 0.3) is 0 Å². The number of aromatic nitrogens is 1. The van der Waals surface area contributed by atoms with Crippen molar-refractivity contribution in [2.24, 2.45) is 11.8 Å². The molecule has 1 saturated carbocycles. The first-order chi connectivity index (χ1) is 8.19. The van der Waals surface area contributed by atoms with Crippen LogP contribution in [0.2, 0.25) is 0 Å². The Hall–Kier alpha value is -1.09. The van der Waals surface area contributed by atoms with Crippen molar-refractivity contribution in [1.29, 1.82) is 0 Å². The molecule has 3 nitrogen and oxygen atoms in total.